The van der Waals surface area contributed by atoms with Gasteiger partial charge in [0.1, 0.15) is 18.8 Å². The summed E-state index contributed by atoms with van der Waals surface area (Å²) in [5.74, 6) is -2.06. The monoisotopic (exact) mass is 299 g/mol. The van der Waals surface area contributed by atoms with Crippen molar-refractivity contribution in [3.05, 3.63) is 17.0 Å². The van der Waals surface area contributed by atoms with Crippen LogP contribution in [0.5, 0.6) is 0 Å². The van der Waals surface area contributed by atoms with Gasteiger partial charge in [0.25, 0.3) is 0 Å². The van der Waals surface area contributed by atoms with Gasteiger partial charge < -0.3 is 25.0 Å². The third-order valence-corrected chi connectivity index (χ3v) is 2.80. The summed E-state index contributed by atoms with van der Waals surface area (Å²) in [7, 11) is 0. The van der Waals surface area contributed by atoms with E-state index in [4.69, 9.17) is 14.7 Å². The summed E-state index contributed by atoms with van der Waals surface area (Å²) in [5.41, 5.74) is 1.28. The number of nitrogens with one attached hydrogen (secondary N) is 1. The molecule has 3 N–H and O–H groups in total. The molecule has 0 aliphatic carbocycles. The third-order valence-electron chi connectivity index (χ3n) is 2.80. The highest BCUT2D eigenvalue weighted by Crippen LogP contribution is 2.20. The molecule has 9 heteroatoms. The summed E-state index contributed by atoms with van der Waals surface area (Å²) in [4.78, 5) is 34.0. The van der Waals surface area contributed by atoms with Gasteiger partial charge in [0.15, 0.2) is 0 Å². The lowest BCUT2D eigenvalue weighted by Gasteiger charge is -2.22. The highest BCUT2D eigenvalue weighted by atomic mass is 16.5. The number of carboxylic acid groups (broad SMARTS) is 2. The molecule has 1 aromatic heterocycles. The van der Waals surface area contributed by atoms with Crippen LogP contribution in [0.25, 0.3) is 0 Å². The van der Waals surface area contributed by atoms with E-state index in [2.05, 4.69) is 10.5 Å². The summed E-state index contributed by atoms with van der Waals surface area (Å²) in [5, 5.41) is 23.7. The first kappa shape index (κ1) is 16.5. The van der Waals surface area contributed by atoms with Crippen molar-refractivity contribution in [3.63, 3.8) is 0 Å². The lowest BCUT2D eigenvalue weighted by Crippen LogP contribution is -2.46. The van der Waals surface area contributed by atoms with Crippen LogP contribution in [0, 0.1) is 13.8 Å². The number of nitrogens with zero attached hydrogens (tertiary/aromatic N) is 2. The van der Waals surface area contributed by atoms with Crippen LogP contribution in [0.1, 0.15) is 30.0 Å². The summed E-state index contributed by atoms with van der Waals surface area (Å²) in [6, 6.07) is -1.28. The summed E-state index contributed by atoms with van der Waals surface area (Å²) in [6.45, 7) is 3.66. The molecule has 1 aromatic rings. The first-order chi connectivity index (χ1) is 9.72. The summed E-state index contributed by atoms with van der Waals surface area (Å²) in [6.07, 6.45) is 0. The fourth-order valence-corrected chi connectivity index (χ4v) is 1.98. The number of aliphatic carboxylic acids is 2. The van der Waals surface area contributed by atoms with Crippen molar-refractivity contribution in [1.29, 1.82) is 0 Å². The Bertz CT molecular complexity index is 518. The molecule has 0 radical (unpaired) electrons. The predicted molar refractivity (Wildman–Crippen MR) is 69.8 cm³/mol. The molecule has 0 saturated heterocycles. The Kier molecular flexibility index (Phi) is 5.28. The minimum Gasteiger partial charge on any atom is -0.480 e. The number of carboxylic acids is 2. The molecule has 1 atom stereocenters. The fraction of sp³-hybridized carbons (Fsp3) is 0.500. The maximum Gasteiger partial charge on any atom is 0.323 e. The van der Waals surface area contributed by atoms with E-state index < -0.39 is 37.1 Å². The molecule has 0 aromatic carbocycles. The van der Waals surface area contributed by atoms with Crippen molar-refractivity contribution >= 4 is 18.0 Å². The molecule has 0 bridgehead atoms. The van der Waals surface area contributed by atoms with Crippen LogP contribution in [0.3, 0.4) is 0 Å². The van der Waals surface area contributed by atoms with Crippen molar-refractivity contribution in [2.24, 2.45) is 0 Å². The number of aromatic nitrogens is 1. The van der Waals surface area contributed by atoms with E-state index in [-0.39, 0.29) is 0 Å². The number of rotatable bonds is 6. The van der Waals surface area contributed by atoms with E-state index in [0.29, 0.717) is 21.9 Å². The molecule has 1 heterocycles. The van der Waals surface area contributed by atoms with Crippen LogP contribution >= 0.6 is 0 Å². The maximum atomic E-state index is 12.0. The van der Waals surface area contributed by atoms with E-state index in [9.17, 15) is 14.4 Å². The Morgan fingerprint density at radius 3 is 2.14 bits per heavy atom. The molecule has 1 rings (SSSR count). The van der Waals surface area contributed by atoms with Gasteiger partial charge in [-0.3, -0.25) is 9.59 Å². The van der Waals surface area contributed by atoms with E-state index in [1.54, 1.807) is 20.8 Å². The predicted octanol–water partition coefficient (Wildman–Crippen LogP) is 0.533. The van der Waals surface area contributed by atoms with Gasteiger partial charge in [-0.05, 0) is 20.8 Å². The Morgan fingerprint density at radius 1 is 1.24 bits per heavy atom. The second-order valence-electron chi connectivity index (χ2n) is 4.55. The molecule has 0 spiro atoms. The van der Waals surface area contributed by atoms with Crippen molar-refractivity contribution in [2.75, 3.05) is 13.1 Å². The number of carbonyl (C=O) groups excluding carboxylic acids is 1. The van der Waals surface area contributed by atoms with Gasteiger partial charge in [-0.25, -0.2) is 4.79 Å². The second-order valence-corrected chi connectivity index (χ2v) is 4.55. The first-order valence-electron chi connectivity index (χ1n) is 6.14. The average molecular weight is 299 g/mol. The fourth-order valence-electron chi connectivity index (χ4n) is 1.98. The minimum atomic E-state index is -1.30. The lowest BCUT2D eigenvalue weighted by atomic mass is 10.1. The van der Waals surface area contributed by atoms with Gasteiger partial charge in [-0.15, -0.1) is 0 Å². The average Bonchev–Trinajstić information content (AvgIpc) is 2.66. The minimum absolute atomic E-state index is 0.492. The Hall–Kier alpha value is -2.58. The van der Waals surface area contributed by atoms with Gasteiger partial charge in [0, 0.05) is 5.56 Å². The standard InChI is InChI=1S/C12H17N3O6/c1-6(11-7(2)14-21-8(11)3)13-12(20)15(4-9(16)17)5-10(18)19/h6H,4-5H2,1-3H3,(H,13,20)(H,16,17)(H,18,19). The van der Waals surface area contributed by atoms with E-state index >= 15 is 0 Å². The zero-order chi connectivity index (χ0) is 16.2. The Balaban J connectivity index is 2.81. The first-order valence-corrected chi connectivity index (χ1v) is 6.14. The quantitative estimate of drug-likeness (QED) is 0.697. The Morgan fingerprint density at radius 2 is 1.76 bits per heavy atom. The number of carbonyl (C=O) groups is 3. The van der Waals surface area contributed by atoms with Crippen LogP contribution in [0.15, 0.2) is 4.52 Å². The topological polar surface area (TPSA) is 133 Å². The van der Waals surface area contributed by atoms with Gasteiger partial charge in [0.2, 0.25) is 0 Å². The van der Waals surface area contributed by atoms with Crippen molar-refractivity contribution in [2.45, 2.75) is 26.8 Å². The maximum absolute atomic E-state index is 12.0. The van der Waals surface area contributed by atoms with Gasteiger partial charge >= 0.3 is 18.0 Å². The number of urea groups is 1. The van der Waals surface area contributed by atoms with Gasteiger partial charge in [0.05, 0.1) is 11.7 Å². The van der Waals surface area contributed by atoms with Crippen molar-refractivity contribution < 1.29 is 29.1 Å². The molecular formula is C12H17N3O6. The number of hydrogen-bond donors (Lipinski definition) is 3. The van der Waals surface area contributed by atoms with E-state index in [0.717, 1.165) is 0 Å². The van der Waals surface area contributed by atoms with E-state index in [1.807, 2.05) is 0 Å². The number of aryl methyl sites for hydroxylation is 2. The molecule has 0 aliphatic rings. The lowest BCUT2D eigenvalue weighted by molar-refractivity contribution is -0.140. The zero-order valence-corrected chi connectivity index (χ0v) is 11.9. The molecule has 1 unspecified atom stereocenters. The van der Waals surface area contributed by atoms with Gasteiger partial charge in [-0.2, -0.15) is 0 Å². The van der Waals surface area contributed by atoms with E-state index in [1.165, 1.54) is 0 Å². The van der Waals surface area contributed by atoms with Crippen molar-refractivity contribution in [1.82, 2.24) is 15.4 Å². The highest BCUT2D eigenvalue weighted by Gasteiger charge is 2.24. The molecule has 0 fully saturated rings. The van der Waals surface area contributed by atoms with Crippen LogP contribution in [-0.4, -0.2) is 51.3 Å². The largest absolute Gasteiger partial charge is 0.480 e. The molecule has 9 nitrogen and oxygen atoms in total. The number of amides is 2. The molecule has 116 valence electrons. The van der Waals surface area contributed by atoms with Crippen LogP contribution in [-0.2, 0) is 9.59 Å². The summed E-state index contributed by atoms with van der Waals surface area (Å²) >= 11 is 0. The molecule has 2 amide bonds. The molecule has 0 aliphatic heterocycles. The molecule has 0 saturated carbocycles. The van der Waals surface area contributed by atoms with Crippen LogP contribution < -0.4 is 5.32 Å². The van der Waals surface area contributed by atoms with Gasteiger partial charge in [-0.1, -0.05) is 5.16 Å². The zero-order valence-electron chi connectivity index (χ0n) is 11.9. The molecule has 21 heavy (non-hydrogen) atoms. The molecular weight excluding hydrogens is 282 g/mol. The Labute approximate surface area is 120 Å². The van der Waals surface area contributed by atoms with Crippen LogP contribution in [0.2, 0.25) is 0 Å². The number of hydrogen-bond acceptors (Lipinski definition) is 5. The van der Waals surface area contributed by atoms with Crippen LogP contribution in [0.4, 0.5) is 4.79 Å². The highest BCUT2D eigenvalue weighted by molar-refractivity contribution is 5.84. The third kappa shape index (κ3) is 4.48. The van der Waals surface area contributed by atoms with Crippen molar-refractivity contribution in [3.8, 4) is 0 Å². The normalized spacial score (nSPS) is 11.8. The smallest absolute Gasteiger partial charge is 0.323 e. The summed E-state index contributed by atoms with van der Waals surface area (Å²) < 4.78 is 4.98. The SMILES string of the molecule is Cc1noc(C)c1C(C)NC(=O)N(CC(=O)O)CC(=O)O. The second kappa shape index (κ2) is 6.73.